The number of aryl methyl sites for hydroxylation is 2. The minimum absolute atomic E-state index is 0.00213. The fraction of sp³-hybridized carbons (Fsp3) is 0.109. The molecule has 0 saturated carbocycles. The van der Waals surface area contributed by atoms with Crippen molar-refractivity contribution in [2.24, 2.45) is 0 Å². The molecular formula is C55H31F12N3. The van der Waals surface area contributed by atoms with Gasteiger partial charge in [-0.05, 0) is 114 Å². The molecule has 350 valence electrons. The second-order valence-corrected chi connectivity index (χ2v) is 17.0. The average Bonchev–Trinajstić information content (AvgIpc) is 3.81. The fourth-order valence-corrected chi connectivity index (χ4v) is 9.55. The lowest BCUT2D eigenvalue weighted by molar-refractivity contribution is -0.143. The Morgan fingerprint density at radius 3 is 1.39 bits per heavy atom. The summed E-state index contributed by atoms with van der Waals surface area (Å²) in [5.41, 5.74) is -3.46. The molecule has 0 N–H and O–H groups in total. The second kappa shape index (κ2) is 16.0. The molecular weight excluding hydrogens is 931 g/mol. The van der Waals surface area contributed by atoms with Crippen LogP contribution in [0.3, 0.4) is 0 Å². The summed E-state index contributed by atoms with van der Waals surface area (Å²) in [5.74, 6) is 0. The van der Waals surface area contributed by atoms with E-state index in [1.807, 2.05) is 0 Å². The first kappa shape index (κ1) is 45.8. The quantitative estimate of drug-likeness (QED) is 0.158. The van der Waals surface area contributed by atoms with Crippen LogP contribution >= 0.6 is 0 Å². The molecule has 2 heterocycles. The molecule has 3 nitrogen and oxygen atoms in total. The van der Waals surface area contributed by atoms with Gasteiger partial charge < -0.3 is 9.13 Å². The summed E-state index contributed by atoms with van der Waals surface area (Å²) in [6, 6.07) is 36.2. The molecule has 10 rings (SSSR count). The van der Waals surface area contributed by atoms with E-state index in [0.29, 0.717) is 66.9 Å². The highest BCUT2D eigenvalue weighted by Crippen LogP contribution is 2.48. The van der Waals surface area contributed by atoms with Gasteiger partial charge in [0.25, 0.3) is 0 Å². The monoisotopic (exact) mass is 961 g/mol. The molecule has 0 unspecified atom stereocenters. The zero-order valence-corrected chi connectivity index (χ0v) is 36.3. The molecule has 15 heteroatoms. The van der Waals surface area contributed by atoms with E-state index in [0.717, 1.165) is 18.2 Å². The van der Waals surface area contributed by atoms with Crippen LogP contribution in [0.2, 0.25) is 0 Å². The summed E-state index contributed by atoms with van der Waals surface area (Å²) in [4.78, 5) is 0. The SMILES string of the molecule is Cc1ccc(-c2ccc3c4ccccc4n(-c4cc(C#N)c(-n5c6ccccc6c6ccc(-c7ccc(C(F)(F)F)cc7C)cc65)cc4-c4ccc(C(F)(F)F)cc4C(F)(F)F)c3c2)c(C(F)(F)F)c1. The molecule has 0 fully saturated rings. The summed E-state index contributed by atoms with van der Waals surface area (Å²) in [6.45, 7) is 3.02. The predicted molar refractivity (Wildman–Crippen MR) is 246 cm³/mol. The highest BCUT2D eigenvalue weighted by molar-refractivity contribution is 6.12. The number of para-hydroxylation sites is 2. The third-order valence-electron chi connectivity index (χ3n) is 12.7. The maximum absolute atomic E-state index is 15.4. The number of aromatic nitrogens is 2. The summed E-state index contributed by atoms with van der Waals surface area (Å²) in [7, 11) is 0. The van der Waals surface area contributed by atoms with Crippen LogP contribution in [0, 0.1) is 25.2 Å². The first-order chi connectivity index (χ1) is 33.0. The third-order valence-corrected chi connectivity index (χ3v) is 12.7. The minimum atomic E-state index is -5.38. The fourth-order valence-electron chi connectivity index (χ4n) is 9.55. The number of nitrogens with zero attached hydrogens (tertiary/aromatic N) is 3. The smallest absolute Gasteiger partial charge is 0.309 e. The van der Waals surface area contributed by atoms with Gasteiger partial charge >= 0.3 is 24.7 Å². The molecule has 0 bridgehead atoms. The number of nitriles is 1. The van der Waals surface area contributed by atoms with Crippen molar-refractivity contribution in [3.8, 4) is 50.8 Å². The van der Waals surface area contributed by atoms with Crippen LogP contribution < -0.4 is 0 Å². The Hall–Kier alpha value is -7.99. The van der Waals surface area contributed by atoms with Gasteiger partial charge in [-0.3, -0.25) is 0 Å². The normalized spacial score (nSPS) is 12.7. The molecule has 0 saturated heterocycles. The molecule has 8 aromatic carbocycles. The van der Waals surface area contributed by atoms with Crippen LogP contribution in [0.1, 0.15) is 38.9 Å². The zero-order valence-electron chi connectivity index (χ0n) is 36.3. The van der Waals surface area contributed by atoms with Gasteiger partial charge in [0.05, 0.1) is 61.3 Å². The van der Waals surface area contributed by atoms with Gasteiger partial charge in [0.2, 0.25) is 0 Å². The van der Waals surface area contributed by atoms with E-state index in [1.54, 1.807) is 77.4 Å². The Morgan fingerprint density at radius 1 is 0.386 bits per heavy atom. The lowest BCUT2D eigenvalue weighted by Gasteiger charge is -2.22. The Bertz CT molecular complexity index is 3820. The van der Waals surface area contributed by atoms with Crippen LogP contribution in [0.5, 0.6) is 0 Å². The van der Waals surface area contributed by atoms with E-state index < -0.39 is 52.5 Å². The maximum Gasteiger partial charge on any atom is 0.417 e. The number of hydrogen-bond donors (Lipinski definition) is 0. The topological polar surface area (TPSA) is 33.6 Å². The number of benzene rings is 8. The van der Waals surface area contributed by atoms with Crippen molar-refractivity contribution in [3.63, 3.8) is 0 Å². The van der Waals surface area contributed by atoms with Gasteiger partial charge in [-0.1, -0.05) is 90.5 Å². The van der Waals surface area contributed by atoms with Crippen molar-refractivity contribution >= 4 is 43.6 Å². The van der Waals surface area contributed by atoms with Gasteiger partial charge in [-0.25, -0.2) is 0 Å². The Balaban J connectivity index is 1.33. The van der Waals surface area contributed by atoms with Crippen LogP contribution in [-0.4, -0.2) is 9.13 Å². The van der Waals surface area contributed by atoms with E-state index in [-0.39, 0.29) is 50.8 Å². The first-order valence-corrected chi connectivity index (χ1v) is 21.3. The Morgan fingerprint density at radius 2 is 0.857 bits per heavy atom. The predicted octanol–water partition coefficient (Wildman–Crippen LogP) is 17.4. The van der Waals surface area contributed by atoms with Crippen molar-refractivity contribution in [2.75, 3.05) is 0 Å². The molecule has 0 aliphatic rings. The number of fused-ring (bicyclic) bond motifs is 6. The molecule has 70 heavy (non-hydrogen) atoms. The third kappa shape index (κ3) is 7.67. The van der Waals surface area contributed by atoms with Crippen molar-refractivity contribution in [1.82, 2.24) is 9.13 Å². The minimum Gasteiger partial charge on any atom is -0.309 e. The first-order valence-electron chi connectivity index (χ1n) is 21.3. The summed E-state index contributed by atoms with van der Waals surface area (Å²) in [5, 5.41) is 13.3. The van der Waals surface area contributed by atoms with E-state index in [2.05, 4.69) is 6.07 Å². The van der Waals surface area contributed by atoms with Crippen molar-refractivity contribution in [3.05, 3.63) is 191 Å². The van der Waals surface area contributed by atoms with E-state index in [4.69, 9.17) is 0 Å². The second-order valence-electron chi connectivity index (χ2n) is 17.0. The van der Waals surface area contributed by atoms with E-state index in [9.17, 15) is 44.8 Å². The molecule has 0 spiro atoms. The Labute approximate surface area is 389 Å². The summed E-state index contributed by atoms with van der Waals surface area (Å²) < 4.78 is 177. The Kier molecular flexibility index (Phi) is 10.5. The van der Waals surface area contributed by atoms with Crippen LogP contribution in [0.15, 0.2) is 152 Å². The van der Waals surface area contributed by atoms with E-state index >= 15 is 13.2 Å². The van der Waals surface area contributed by atoms with Crippen LogP contribution in [0.4, 0.5) is 52.7 Å². The number of halogens is 12. The molecule has 10 aromatic rings. The lowest BCUT2D eigenvalue weighted by atomic mass is 9.93. The van der Waals surface area contributed by atoms with Gasteiger partial charge in [-0.2, -0.15) is 57.9 Å². The number of hydrogen-bond acceptors (Lipinski definition) is 1. The largest absolute Gasteiger partial charge is 0.417 e. The molecule has 0 amide bonds. The van der Waals surface area contributed by atoms with Crippen molar-refractivity contribution in [2.45, 2.75) is 38.6 Å². The summed E-state index contributed by atoms with van der Waals surface area (Å²) in [6.07, 6.45) is -20.0. The zero-order chi connectivity index (χ0) is 49.8. The van der Waals surface area contributed by atoms with Gasteiger partial charge in [0.1, 0.15) is 6.07 Å². The standard InChI is InChI=1S/C55H31F12N3/c1-29-11-16-37(44(21-29)54(62,63)64)32-13-18-42-40-8-4-6-10-47(40)70(50(42)24-32)51-25-33(28-68)48(27-43(51)38-20-15-35(53(59,60)61)26-45(38)55(65,66)67)69-46-9-5-3-7-39(46)41-17-12-31(23-49(41)69)36-19-14-34(22-30(36)2)52(56,57)58/h3-27H,1-2H3. The molecule has 0 radical (unpaired) electrons. The molecule has 0 aliphatic heterocycles. The lowest BCUT2D eigenvalue weighted by Crippen LogP contribution is -2.13. The van der Waals surface area contributed by atoms with Crippen LogP contribution in [0.25, 0.3) is 88.4 Å². The van der Waals surface area contributed by atoms with Gasteiger partial charge in [0, 0.05) is 27.1 Å². The van der Waals surface area contributed by atoms with Crippen molar-refractivity contribution in [1.29, 1.82) is 5.26 Å². The summed E-state index contributed by atoms with van der Waals surface area (Å²) >= 11 is 0. The molecule has 2 aromatic heterocycles. The van der Waals surface area contributed by atoms with Crippen LogP contribution in [-0.2, 0) is 24.7 Å². The number of alkyl halides is 12. The van der Waals surface area contributed by atoms with Gasteiger partial charge in [0.15, 0.2) is 0 Å². The highest BCUT2D eigenvalue weighted by Gasteiger charge is 2.40. The van der Waals surface area contributed by atoms with Gasteiger partial charge in [-0.15, -0.1) is 0 Å². The van der Waals surface area contributed by atoms with E-state index in [1.165, 1.54) is 60.9 Å². The average molecular weight is 962 g/mol. The maximum atomic E-state index is 15.4. The highest BCUT2D eigenvalue weighted by atomic mass is 19.4. The number of rotatable bonds is 5. The molecule has 0 atom stereocenters. The molecule has 0 aliphatic carbocycles. The van der Waals surface area contributed by atoms with Crippen molar-refractivity contribution < 1.29 is 52.7 Å².